The van der Waals surface area contributed by atoms with Crippen molar-refractivity contribution in [1.29, 1.82) is 0 Å². The second kappa shape index (κ2) is 5.94. The number of hydrogen-bond donors (Lipinski definition) is 1. The summed E-state index contributed by atoms with van der Waals surface area (Å²) in [4.78, 5) is 8.73. The number of nitrogens with one attached hydrogen (secondary N) is 1. The molecule has 3 rings (SSSR count). The number of thiophene rings is 1. The normalized spacial score (nSPS) is 14.4. The van der Waals surface area contributed by atoms with Gasteiger partial charge in [-0.3, -0.25) is 0 Å². The number of fused-ring (bicyclic) bond motifs is 1. The van der Waals surface area contributed by atoms with Gasteiger partial charge < -0.3 is 10.2 Å². The third kappa shape index (κ3) is 2.72. The summed E-state index contributed by atoms with van der Waals surface area (Å²) < 4.78 is 0. The molecule has 0 aromatic carbocycles. The Morgan fingerprint density at radius 2 is 2.25 bits per heavy atom. The number of nitrogens with zero attached hydrogens (tertiary/aromatic N) is 2. The molecule has 2 aromatic heterocycles. The molecule has 0 amide bonds. The Bertz CT molecular complexity index is 591. The maximum Gasteiger partial charge on any atom is 0.129 e. The molecular weight excluding hydrogens is 266 g/mol. The van der Waals surface area contributed by atoms with Gasteiger partial charge in [-0.25, -0.2) is 4.98 Å². The SMILES string of the molecule is CCNCc1ccc(N2CCc3sccc3C2)nc1C. The smallest absolute Gasteiger partial charge is 0.129 e. The van der Waals surface area contributed by atoms with Crippen molar-refractivity contribution < 1.29 is 0 Å². The van der Waals surface area contributed by atoms with Crippen LogP contribution in [0.2, 0.25) is 0 Å². The summed E-state index contributed by atoms with van der Waals surface area (Å²) in [5.41, 5.74) is 3.90. The molecule has 0 saturated heterocycles. The van der Waals surface area contributed by atoms with Gasteiger partial charge in [-0.05, 0) is 48.5 Å². The number of pyridine rings is 1. The molecule has 1 N–H and O–H groups in total. The van der Waals surface area contributed by atoms with Crippen molar-refractivity contribution >= 4 is 17.2 Å². The number of aromatic nitrogens is 1. The fraction of sp³-hybridized carbons (Fsp3) is 0.438. The maximum atomic E-state index is 4.80. The first kappa shape index (κ1) is 13.6. The van der Waals surface area contributed by atoms with Crippen LogP contribution >= 0.6 is 11.3 Å². The third-order valence-corrected chi connectivity index (χ3v) is 4.90. The highest BCUT2D eigenvalue weighted by atomic mass is 32.1. The van der Waals surface area contributed by atoms with Crippen LogP contribution < -0.4 is 10.2 Å². The van der Waals surface area contributed by atoms with E-state index in [0.717, 1.165) is 44.1 Å². The predicted octanol–water partition coefficient (Wildman–Crippen LogP) is 3.12. The molecular formula is C16H21N3S. The second-order valence-corrected chi connectivity index (χ2v) is 6.24. The minimum atomic E-state index is 0.907. The van der Waals surface area contributed by atoms with Crippen LogP contribution in [-0.2, 0) is 19.5 Å². The summed E-state index contributed by atoms with van der Waals surface area (Å²) >= 11 is 1.88. The summed E-state index contributed by atoms with van der Waals surface area (Å²) in [6.07, 6.45) is 1.15. The summed E-state index contributed by atoms with van der Waals surface area (Å²) in [5.74, 6) is 1.11. The van der Waals surface area contributed by atoms with Crippen LogP contribution in [-0.4, -0.2) is 18.1 Å². The zero-order valence-electron chi connectivity index (χ0n) is 12.1. The summed E-state index contributed by atoms with van der Waals surface area (Å²) in [5, 5.41) is 5.56. The molecule has 3 nitrogen and oxygen atoms in total. The van der Waals surface area contributed by atoms with Crippen molar-refractivity contribution in [3.8, 4) is 0 Å². The van der Waals surface area contributed by atoms with Crippen molar-refractivity contribution in [3.05, 3.63) is 45.3 Å². The first-order valence-corrected chi connectivity index (χ1v) is 8.13. The van der Waals surface area contributed by atoms with E-state index in [-0.39, 0.29) is 0 Å². The fourth-order valence-corrected chi connectivity index (χ4v) is 3.53. The van der Waals surface area contributed by atoms with Gasteiger partial charge in [0.2, 0.25) is 0 Å². The maximum absolute atomic E-state index is 4.80. The van der Waals surface area contributed by atoms with Crippen molar-refractivity contribution in [3.63, 3.8) is 0 Å². The lowest BCUT2D eigenvalue weighted by molar-refractivity contribution is 0.710. The standard InChI is InChI=1S/C16H21N3S/c1-3-17-10-13-4-5-16(18-12(13)2)19-8-6-15-14(11-19)7-9-20-15/h4-5,7,9,17H,3,6,8,10-11H2,1-2H3. The highest BCUT2D eigenvalue weighted by Gasteiger charge is 2.18. The Labute approximate surface area is 124 Å². The Kier molecular flexibility index (Phi) is 4.03. The number of hydrogen-bond acceptors (Lipinski definition) is 4. The molecule has 0 aliphatic carbocycles. The van der Waals surface area contributed by atoms with Crippen LogP contribution in [0.5, 0.6) is 0 Å². The molecule has 20 heavy (non-hydrogen) atoms. The van der Waals surface area contributed by atoms with Crippen molar-refractivity contribution in [1.82, 2.24) is 10.3 Å². The molecule has 4 heteroatoms. The highest BCUT2D eigenvalue weighted by Crippen LogP contribution is 2.27. The topological polar surface area (TPSA) is 28.2 Å². The van der Waals surface area contributed by atoms with Crippen LogP contribution in [0.25, 0.3) is 0 Å². The highest BCUT2D eigenvalue weighted by molar-refractivity contribution is 7.10. The molecule has 0 atom stereocenters. The van der Waals surface area contributed by atoms with Gasteiger partial charge in [0.25, 0.3) is 0 Å². The monoisotopic (exact) mass is 287 g/mol. The Balaban J connectivity index is 1.76. The summed E-state index contributed by atoms with van der Waals surface area (Å²) in [6, 6.07) is 6.62. The van der Waals surface area contributed by atoms with E-state index < -0.39 is 0 Å². The van der Waals surface area contributed by atoms with E-state index in [4.69, 9.17) is 4.98 Å². The number of rotatable bonds is 4. The number of anilines is 1. The van der Waals surface area contributed by atoms with Crippen molar-refractivity contribution in [2.75, 3.05) is 18.0 Å². The molecule has 1 aliphatic heterocycles. The van der Waals surface area contributed by atoms with E-state index in [1.807, 2.05) is 11.3 Å². The van der Waals surface area contributed by atoms with Gasteiger partial charge in [0.15, 0.2) is 0 Å². The lowest BCUT2D eigenvalue weighted by atomic mass is 10.1. The van der Waals surface area contributed by atoms with E-state index in [1.54, 1.807) is 4.88 Å². The Morgan fingerprint density at radius 1 is 1.35 bits per heavy atom. The molecule has 0 radical (unpaired) electrons. The molecule has 0 bridgehead atoms. The first-order valence-electron chi connectivity index (χ1n) is 7.25. The summed E-state index contributed by atoms with van der Waals surface area (Å²) in [6.45, 7) is 8.21. The number of aryl methyl sites for hydroxylation is 1. The van der Waals surface area contributed by atoms with E-state index in [0.29, 0.717) is 0 Å². The van der Waals surface area contributed by atoms with Gasteiger partial charge in [0.05, 0.1) is 0 Å². The largest absolute Gasteiger partial charge is 0.352 e. The molecule has 0 fully saturated rings. The average Bonchev–Trinajstić information content (AvgIpc) is 2.93. The van der Waals surface area contributed by atoms with E-state index in [9.17, 15) is 0 Å². The lowest BCUT2D eigenvalue weighted by Gasteiger charge is -2.28. The predicted molar refractivity (Wildman–Crippen MR) is 85.4 cm³/mol. The van der Waals surface area contributed by atoms with Gasteiger partial charge in [-0.1, -0.05) is 13.0 Å². The van der Waals surface area contributed by atoms with E-state index in [1.165, 1.54) is 11.1 Å². The van der Waals surface area contributed by atoms with Crippen LogP contribution in [0, 0.1) is 6.92 Å². The second-order valence-electron chi connectivity index (χ2n) is 5.23. The molecule has 2 aromatic rings. The zero-order chi connectivity index (χ0) is 13.9. The lowest BCUT2D eigenvalue weighted by Crippen LogP contribution is -2.30. The molecule has 106 valence electrons. The van der Waals surface area contributed by atoms with E-state index >= 15 is 0 Å². The Hall–Kier alpha value is -1.39. The van der Waals surface area contributed by atoms with Gasteiger partial charge in [0.1, 0.15) is 5.82 Å². The van der Waals surface area contributed by atoms with Gasteiger partial charge in [-0.15, -0.1) is 11.3 Å². The average molecular weight is 287 g/mol. The summed E-state index contributed by atoms with van der Waals surface area (Å²) in [7, 11) is 0. The molecule has 0 unspecified atom stereocenters. The first-order chi connectivity index (χ1) is 9.78. The fourth-order valence-electron chi connectivity index (χ4n) is 2.64. The van der Waals surface area contributed by atoms with Gasteiger partial charge >= 0.3 is 0 Å². The minimum Gasteiger partial charge on any atom is -0.352 e. The van der Waals surface area contributed by atoms with Crippen molar-refractivity contribution in [2.24, 2.45) is 0 Å². The van der Waals surface area contributed by atoms with Gasteiger partial charge in [0, 0.05) is 30.2 Å². The molecule has 0 spiro atoms. The molecule has 1 aliphatic rings. The van der Waals surface area contributed by atoms with E-state index in [2.05, 4.69) is 47.6 Å². The van der Waals surface area contributed by atoms with Crippen LogP contribution in [0.1, 0.15) is 28.6 Å². The minimum absolute atomic E-state index is 0.907. The van der Waals surface area contributed by atoms with Crippen molar-refractivity contribution in [2.45, 2.75) is 33.4 Å². The zero-order valence-corrected chi connectivity index (χ0v) is 13.0. The van der Waals surface area contributed by atoms with Crippen LogP contribution in [0.3, 0.4) is 0 Å². The van der Waals surface area contributed by atoms with Crippen LogP contribution in [0.4, 0.5) is 5.82 Å². The Morgan fingerprint density at radius 3 is 3.05 bits per heavy atom. The van der Waals surface area contributed by atoms with Gasteiger partial charge in [-0.2, -0.15) is 0 Å². The van der Waals surface area contributed by atoms with Crippen LogP contribution in [0.15, 0.2) is 23.6 Å². The molecule has 3 heterocycles. The third-order valence-electron chi connectivity index (χ3n) is 3.88. The quantitative estimate of drug-likeness (QED) is 0.936. The molecule has 0 saturated carbocycles.